The summed E-state index contributed by atoms with van der Waals surface area (Å²) in [7, 11) is 0. The van der Waals surface area contributed by atoms with Crippen molar-refractivity contribution in [1.82, 2.24) is 30.1 Å². The third-order valence-electron chi connectivity index (χ3n) is 6.11. The molecule has 6 heterocycles. The van der Waals surface area contributed by atoms with Crippen LogP contribution in [-0.2, 0) is 0 Å². The quantitative estimate of drug-likeness (QED) is 0.231. The molecule has 0 amide bonds. The number of thiophene rings is 1. The van der Waals surface area contributed by atoms with Crippen molar-refractivity contribution in [2.24, 2.45) is 5.92 Å². The number of fused-ring (bicyclic) bond motifs is 2. The van der Waals surface area contributed by atoms with Gasteiger partial charge in [-0.3, -0.25) is 15.1 Å². The molecular formula is C27H22FN7S. The monoisotopic (exact) mass is 495 g/mol. The van der Waals surface area contributed by atoms with Crippen molar-refractivity contribution in [2.45, 2.75) is 13.8 Å². The largest absolute Gasteiger partial charge is 0.358 e. The lowest BCUT2D eigenvalue weighted by Gasteiger charge is -2.13. The molecule has 0 aromatic carbocycles. The number of halogens is 1. The first kappa shape index (κ1) is 22.1. The Bertz CT molecular complexity index is 1740. The molecular weight excluding hydrogens is 473 g/mol. The Morgan fingerprint density at radius 2 is 1.89 bits per heavy atom. The van der Waals surface area contributed by atoms with Crippen LogP contribution >= 0.6 is 11.3 Å². The first-order chi connectivity index (χ1) is 17.5. The van der Waals surface area contributed by atoms with E-state index in [-0.39, 0.29) is 5.13 Å². The van der Waals surface area contributed by atoms with Crippen molar-refractivity contribution >= 4 is 39.0 Å². The second-order valence-electron chi connectivity index (χ2n) is 8.87. The summed E-state index contributed by atoms with van der Waals surface area (Å²) in [6.07, 6.45) is 7.11. The van der Waals surface area contributed by atoms with E-state index in [1.807, 2.05) is 24.4 Å². The number of aromatic amines is 2. The van der Waals surface area contributed by atoms with Crippen LogP contribution in [0.25, 0.3) is 55.0 Å². The molecule has 0 aliphatic heterocycles. The molecule has 6 aromatic heterocycles. The van der Waals surface area contributed by atoms with Gasteiger partial charge in [-0.25, -0.2) is 4.98 Å². The SMILES string of the molecule is C=C(Nc1cncc(-c2cnc3n[nH]c(-c4cc5c(-c6ccc(F)s6)nccc5[nH]4)c3c2)c1)C(C)C. The zero-order valence-electron chi connectivity index (χ0n) is 19.6. The predicted molar refractivity (Wildman–Crippen MR) is 143 cm³/mol. The van der Waals surface area contributed by atoms with Crippen molar-refractivity contribution in [3.63, 3.8) is 0 Å². The summed E-state index contributed by atoms with van der Waals surface area (Å²) in [5.41, 5.74) is 7.58. The molecule has 178 valence electrons. The predicted octanol–water partition coefficient (Wildman–Crippen LogP) is 7.01. The van der Waals surface area contributed by atoms with Gasteiger partial charge < -0.3 is 10.3 Å². The Labute approximate surface area is 210 Å². The molecule has 0 unspecified atom stereocenters. The Morgan fingerprint density at radius 1 is 1.03 bits per heavy atom. The van der Waals surface area contributed by atoms with E-state index in [1.54, 1.807) is 24.7 Å². The van der Waals surface area contributed by atoms with Crippen molar-refractivity contribution in [2.75, 3.05) is 5.32 Å². The zero-order valence-corrected chi connectivity index (χ0v) is 20.4. The van der Waals surface area contributed by atoms with E-state index in [1.165, 1.54) is 6.07 Å². The van der Waals surface area contributed by atoms with Gasteiger partial charge in [0, 0.05) is 51.7 Å². The fourth-order valence-corrected chi connectivity index (χ4v) is 4.83. The van der Waals surface area contributed by atoms with Crippen LogP contribution in [0, 0.1) is 11.0 Å². The van der Waals surface area contributed by atoms with Gasteiger partial charge in [-0.15, -0.1) is 11.3 Å². The average molecular weight is 496 g/mol. The van der Waals surface area contributed by atoms with Crippen LogP contribution in [0.2, 0.25) is 0 Å². The van der Waals surface area contributed by atoms with E-state index in [2.05, 4.69) is 61.9 Å². The van der Waals surface area contributed by atoms with E-state index in [0.29, 0.717) is 11.6 Å². The van der Waals surface area contributed by atoms with Crippen molar-refractivity contribution in [1.29, 1.82) is 0 Å². The second kappa shape index (κ2) is 8.69. The lowest BCUT2D eigenvalue weighted by Crippen LogP contribution is -2.04. The number of allylic oxidation sites excluding steroid dienone is 1. The molecule has 0 aliphatic carbocycles. The minimum absolute atomic E-state index is 0.236. The molecule has 0 saturated carbocycles. The van der Waals surface area contributed by atoms with Crippen LogP contribution < -0.4 is 5.32 Å². The summed E-state index contributed by atoms with van der Waals surface area (Å²) in [4.78, 5) is 17.7. The molecule has 0 spiro atoms. The minimum atomic E-state index is -0.236. The standard InChI is InChI=1S/C27H22FN7S/c1-14(2)15(3)32-18-8-16(11-29-13-18)17-9-20-25(34-35-27(20)31-12-17)22-10-19-21(33-22)6-7-30-26(19)23-4-5-24(28)36-23/h4-14,32-33H,3H2,1-2H3,(H,31,34,35). The van der Waals surface area contributed by atoms with E-state index in [4.69, 9.17) is 0 Å². The Balaban J connectivity index is 1.41. The molecule has 0 aliphatic rings. The molecule has 0 fully saturated rings. The van der Waals surface area contributed by atoms with E-state index < -0.39 is 0 Å². The van der Waals surface area contributed by atoms with Crippen LogP contribution in [0.3, 0.4) is 0 Å². The summed E-state index contributed by atoms with van der Waals surface area (Å²) in [6.45, 7) is 8.27. The highest BCUT2D eigenvalue weighted by Gasteiger charge is 2.16. The second-order valence-corrected chi connectivity index (χ2v) is 9.90. The fraction of sp³-hybridized carbons (Fsp3) is 0.111. The number of hydrogen-bond acceptors (Lipinski definition) is 6. The first-order valence-corrected chi connectivity index (χ1v) is 12.3. The number of H-pyrrole nitrogens is 2. The zero-order chi connectivity index (χ0) is 24.8. The lowest BCUT2D eigenvalue weighted by atomic mass is 10.1. The number of rotatable bonds is 6. The molecule has 0 bridgehead atoms. The summed E-state index contributed by atoms with van der Waals surface area (Å²) in [5.74, 6) is 0.311. The molecule has 36 heavy (non-hydrogen) atoms. The molecule has 6 rings (SSSR count). The molecule has 9 heteroatoms. The van der Waals surface area contributed by atoms with Crippen molar-refractivity contribution < 1.29 is 4.39 Å². The van der Waals surface area contributed by atoms with Crippen LogP contribution in [-0.4, -0.2) is 30.1 Å². The van der Waals surface area contributed by atoms with Gasteiger partial charge in [0.15, 0.2) is 10.8 Å². The fourth-order valence-electron chi connectivity index (χ4n) is 4.09. The Morgan fingerprint density at radius 3 is 2.69 bits per heavy atom. The number of nitrogens with zero attached hydrogens (tertiary/aromatic N) is 4. The van der Waals surface area contributed by atoms with E-state index in [9.17, 15) is 4.39 Å². The highest BCUT2D eigenvalue weighted by atomic mass is 32.1. The highest BCUT2D eigenvalue weighted by Crippen LogP contribution is 2.35. The number of hydrogen-bond donors (Lipinski definition) is 3. The van der Waals surface area contributed by atoms with Crippen molar-refractivity contribution in [3.8, 4) is 33.1 Å². The van der Waals surface area contributed by atoms with E-state index in [0.717, 1.165) is 72.1 Å². The lowest BCUT2D eigenvalue weighted by molar-refractivity contribution is 0.657. The summed E-state index contributed by atoms with van der Waals surface area (Å²) in [6, 6.07) is 11.2. The first-order valence-electron chi connectivity index (χ1n) is 11.5. The Kier molecular flexibility index (Phi) is 5.34. The smallest absolute Gasteiger partial charge is 0.181 e. The molecule has 7 nitrogen and oxygen atoms in total. The van der Waals surface area contributed by atoms with Crippen LogP contribution in [0.5, 0.6) is 0 Å². The maximum atomic E-state index is 13.7. The third-order valence-corrected chi connectivity index (χ3v) is 6.99. The molecule has 0 radical (unpaired) electrons. The molecule has 3 N–H and O–H groups in total. The molecule has 0 atom stereocenters. The van der Waals surface area contributed by atoms with Crippen LogP contribution in [0.15, 0.2) is 73.5 Å². The number of nitrogens with one attached hydrogen (secondary N) is 3. The van der Waals surface area contributed by atoms with Gasteiger partial charge in [-0.05, 0) is 42.3 Å². The normalized spacial score (nSPS) is 11.6. The summed E-state index contributed by atoms with van der Waals surface area (Å²) in [5, 5.41) is 12.4. The topological polar surface area (TPSA) is 95.2 Å². The summed E-state index contributed by atoms with van der Waals surface area (Å²) >= 11 is 1.08. The van der Waals surface area contributed by atoms with Gasteiger partial charge in [0.2, 0.25) is 0 Å². The summed E-state index contributed by atoms with van der Waals surface area (Å²) < 4.78 is 13.7. The maximum Gasteiger partial charge on any atom is 0.181 e. The number of aromatic nitrogens is 6. The molecule has 0 saturated heterocycles. The van der Waals surface area contributed by atoms with Gasteiger partial charge >= 0.3 is 0 Å². The van der Waals surface area contributed by atoms with Crippen LogP contribution in [0.1, 0.15) is 13.8 Å². The van der Waals surface area contributed by atoms with Crippen LogP contribution in [0.4, 0.5) is 10.1 Å². The Hall–Kier alpha value is -4.37. The highest BCUT2D eigenvalue weighted by molar-refractivity contribution is 7.13. The van der Waals surface area contributed by atoms with Gasteiger partial charge in [0.1, 0.15) is 0 Å². The number of anilines is 1. The average Bonchev–Trinajstić information content (AvgIpc) is 3.61. The van der Waals surface area contributed by atoms with Gasteiger partial charge in [-0.1, -0.05) is 20.4 Å². The number of pyridine rings is 3. The van der Waals surface area contributed by atoms with Gasteiger partial charge in [-0.2, -0.15) is 9.49 Å². The molecule has 6 aromatic rings. The minimum Gasteiger partial charge on any atom is -0.358 e. The maximum absolute atomic E-state index is 13.7. The third kappa shape index (κ3) is 3.93. The van der Waals surface area contributed by atoms with Crippen molar-refractivity contribution in [3.05, 3.63) is 78.6 Å². The van der Waals surface area contributed by atoms with Gasteiger partial charge in [0.25, 0.3) is 0 Å². The van der Waals surface area contributed by atoms with E-state index >= 15 is 0 Å². The van der Waals surface area contributed by atoms with Gasteiger partial charge in [0.05, 0.1) is 33.8 Å².